The SMILES string of the molecule is CC1(C(=O)NCCC2CCCO2)CCCNC1. The molecule has 4 nitrogen and oxygen atoms in total. The van der Waals surface area contributed by atoms with E-state index in [0.717, 1.165) is 51.9 Å². The first-order chi connectivity index (χ1) is 8.21. The van der Waals surface area contributed by atoms with Crippen LogP contribution in [0.5, 0.6) is 0 Å². The predicted octanol–water partition coefficient (Wildman–Crippen LogP) is 1.06. The molecule has 0 saturated carbocycles. The molecule has 1 amide bonds. The van der Waals surface area contributed by atoms with Gasteiger partial charge in [0.2, 0.25) is 5.91 Å². The summed E-state index contributed by atoms with van der Waals surface area (Å²) in [5, 5.41) is 6.36. The number of piperidine rings is 1. The summed E-state index contributed by atoms with van der Waals surface area (Å²) in [7, 11) is 0. The quantitative estimate of drug-likeness (QED) is 0.772. The van der Waals surface area contributed by atoms with Crippen molar-refractivity contribution < 1.29 is 9.53 Å². The standard InChI is InChI=1S/C13H24N2O2/c1-13(6-3-7-14-10-13)12(16)15-8-5-11-4-2-9-17-11/h11,14H,2-10H2,1H3,(H,15,16). The van der Waals surface area contributed by atoms with Crippen LogP contribution >= 0.6 is 0 Å². The highest BCUT2D eigenvalue weighted by Crippen LogP contribution is 2.25. The zero-order valence-electron chi connectivity index (χ0n) is 10.8. The van der Waals surface area contributed by atoms with Crippen LogP contribution < -0.4 is 10.6 Å². The molecule has 0 aromatic carbocycles. The topological polar surface area (TPSA) is 50.4 Å². The summed E-state index contributed by atoms with van der Waals surface area (Å²) < 4.78 is 5.54. The molecule has 0 aromatic rings. The Hall–Kier alpha value is -0.610. The molecule has 17 heavy (non-hydrogen) atoms. The van der Waals surface area contributed by atoms with Gasteiger partial charge in [0, 0.05) is 19.7 Å². The zero-order chi connectivity index (χ0) is 12.1. The Morgan fingerprint density at radius 1 is 1.53 bits per heavy atom. The average Bonchev–Trinajstić information content (AvgIpc) is 2.83. The summed E-state index contributed by atoms with van der Waals surface area (Å²) in [5.74, 6) is 0.197. The second-order valence-corrected chi connectivity index (χ2v) is 5.52. The van der Waals surface area contributed by atoms with E-state index in [-0.39, 0.29) is 11.3 Å². The molecule has 2 fully saturated rings. The van der Waals surface area contributed by atoms with Crippen LogP contribution in [0.4, 0.5) is 0 Å². The molecule has 0 aliphatic carbocycles. The van der Waals surface area contributed by atoms with E-state index in [9.17, 15) is 4.79 Å². The Balaban J connectivity index is 1.68. The van der Waals surface area contributed by atoms with Crippen molar-refractivity contribution in [2.45, 2.75) is 45.1 Å². The van der Waals surface area contributed by atoms with Crippen molar-refractivity contribution in [3.05, 3.63) is 0 Å². The van der Waals surface area contributed by atoms with Crippen LogP contribution in [0.2, 0.25) is 0 Å². The van der Waals surface area contributed by atoms with Gasteiger partial charge in [0.25, 0.3) is 0 Å². The summed E-state index contributed by atoms with van der Waals surface area (Å²) in [5.41, 5.74) is -0.214. The van der Waals surface area contributed by atoms with E-state index in [1.807, 2.05) is 0 Å². The minimum absolute atomic E-state index is 0.197. The lowest BCUT2D eigenvalue weighted by atomic mass is 9.82. The maximum absolute atomic E-state index is 12.1. The van der Waals surface area contributed by atoms with Gasteiger partial charge in [-0.1, -0.05) is 0 Å². The van der Waals surface area contributed by atoms with Crippen LogP contribution in [0.15, 0.2) is 0 Å². The van der Waals surface area contributed by atoms with E-state index < -0.39 is 0 Å². The van der Waals surface area contributed by atoms with Gasteiger partial charge in [-0.05, 0) is 45.6 Å². The smallest absolute Gasteiger partial charge is 0.227 e. The van der Waals surface area contributed by atoms with Crippen molar-refractivity contribution in [1.29, 1.82) is 0 Å². The third-order valence-corrected chi connectivity index (χ3v) is 3.92. The number of amides is 1. The van der Waals surface area contributed by atoms with Gasteiger partial charge in [-0.15, -0.1) is 0 Å². The second kappa shape index (κ2) is 5.83. The molecule has 2 rings (SSSR count). The Morgan fingerprint density at radius 2 is 2.41 bits per heavy atom. The number of ether oxygens (including phenoxy) is 1. The fraction of sp³-hybridized carbons (Fsp3) is 0.923. The van der Waals surface area contributed by atoms with Gasteiger partial charge in [-0.3, -0.25) is 4.79 Å². The van der Waals surface area contributed by atoms with E-state index in [1.54, 1.807) is 0 Å². The van der Waals surface area contributed by atoms with Gasteiger partial charge in [0.05, 0.1) is 11.5 Å². The van der Waals surface area contributed by atoms with Crippen LogP contribution in [0, 0.1) is 5.41 Å². The van der Waals surface area contributed by atoms with Crippen molar-refractivity contribution in [2.24, 2.45) is 5.41 Å². The van der Waals surface area contributed by atoms with Gasteiger partial charge in [0.1, 0.15) is 0 Å². The third kappa shape index (κ3) is 3.42. The van der Waals surface area contributed by atoms with Crippen LogP contribution in [0.3, 0.4) is 0 Å². The first-order valence-corrected chi connectivity index (χ1v) is 6.81. The third-order valence-electron chi connectivity index (χ3n) is 3.92. The second-order valence-electron chi connectivity index (χ2n) is 5.52. The fourth-order valence-corrected chi connectivity index (χ4v) is 2.68. The summed E-state index contributed by atoms with van der Waals surface area (Å²) >= 11 is 0. The minimum atomic E-state index is -0.214. The number of hydrogen-bond acceptors (Lipinski definition) is 3. The molecule has 0 aromatic heterocycles. The Bertz CT molecular complexity index is 256. The highest BCUT2D eigenvalue weighted by Gasteiger charge is 2.34. The molecule has 0 bridgehead atoms. The summed E-state index contributed by atoms with van der Waals surface area (Å²) in [4.78, 5) is 12.1. The van der Waals surface area contributed by atoms with Crippen LogP contribution in [-0.2, 0) is 9.53 Å². The molecule has 2 N–H and O–H groups in total. The largest absolute Gasteiger partial charge is 0.378 e. The van der Waals surface area contributed by atoms with Crippen LogP contribution in [0.1, 0.15) is 39.0 Å². The summed E-state index contributed by atoms with van der Waals surface area (Å²) in [6.45, 7) is 5.54. The monoisotopic (exact) mass is 240 g/mol. The van der Waals surface area contributed by atoms with Crippen LogP contribution in [0.25, 0.3) is 0 Å². The molecular weight excluding hydrogens is 216 g/mol. The first kappa shape index (κ1) is 12.8. The molecule has 0 spiro atoms. The Labute approximate surface area is 103 Å². The maximum Gasteiger partial charge on any atom is 0.227 e. The molecule has 2 unspecified atom stereocenters. The lowest BCUT2D eigenvalue weighted by molar-refractivity contribution is -0.131. The Kier molecular flexibility index (Phi) is 4.40. The van der Waals surface area contributed by atoms with Crippen molar-refractivity contribution in [3.8, 4) is 0 Å². The molecule has 2 saturated heterocycles. The zero-order valence-corrected chi connectivity index (χ0v) is 10.8. The van der Waals surface area contributed by atoms with Gasteiger partial charge in [0.15, 0.2) is 0 Å². The molecule has 0 radical (unpaired) electrons. The molecule has 2 aliphatic rings. The van der Waals surface area contributed by atoms with Gasteiger partial charge >= 0.3 is 0 Å². The Morgan fingerprint density at radius 3 is 3.06 bits per heavy atom. The van der Waals surface area contributed by atoms with Gasteiger partial charge < -0.3 is 15.4 Å². The van der Waals surface area contributed by atoms with E-state index >= 15 is 0 Å². The van der Waals surface area contributed by atoms with Crippen molar-refractivity contribution in [3.63, 3.8) is 0 Å². The molecule has 98 valence electrons. The number of rotatable bonds is 4. The van der Waals surface area contributed by atoms with E-state index in [2.05, 4.69) is 17.6 Å². The normalized spacial score (nSPS) is 33.6. The van der Waals surface area contributed by atoms with E-state index in [0.29, 0.717) is 6.10 Å². The number of carbonyl (C=O) groups is 1. The number of nitrogens with one attached hydrogen (secondary N) is 2. The van der Waals surface area contributed by atoms with Gasteiger partial charge in [-0.25, -0.2) is 0 Å². The molecule has 2 aliphatic heterocycles. The van der Waals surface area contributed by atoms with E-state index in [4.69, 9.17) is 4.74 Å². The molecule has 4 heteroatoms. The fourth-order valence-electron chi connectivity index (χ4n) is 2.68. The number of hydrogen-bond donors (Lipinski definition) is 2. The highest BCUT2D eigenvalue weighted by atomic mass is 16.5. The van der Waals surface area contributed by atoms with Crippen molar-refractivity contribution in [1.82, 2.24) is 10.6 Å². The van der Waals surface area contributed by atoms with Gasteiger partial charge in [-0.2, -0.15) is 0 Å². The summed E-state index contributed by atoms with van der Waals surface area (Å²) in [6.07, 6.45) is 5.72. The maximum atomic E-state index is 12.1. The summed E-state index contributed by atoms with van der Waals surface area (Å²) in [6, 6.07) is 0. The van der Waals surface area contributed by atoms with E-state index in [1.165, 1.54) is 6.42 Å². The van der Waals surface area contributed by atoms with Crippen molar-refractivity contribution in [2.75, 3.05) is 26.2 Å². The van der Waals surface area contributed by atoms with Crippen molar-refractivity contribution >= 4 is 5.91 Å². The molecule has 2 heterocycles. The number of carbonyl (C=O) groups excluding carboxylic acids is 1. The average molecular weight is 240 g/mol. The minimum Gasteiger partial charge on any atom is -0.378 e. The lowest BCUT2D eigenvalue weighted by Gasteiger charge is -2.32. The predicted molar refractivity (Wildman–Crippen MR) is 66.8 cm³/mol. The molecular formula is C13H24N2O2. The lowest BCUT2D eigenvalue weighted by Crippen LogP contribution is -2.49. The van der Waals surface area contributed by atoms with Crippen LogP contribution in [-0.4, -0.2) is 38.3 Å². The first-order valence-electron chi connectivity index (χ1n) is 6.81. The highest BCUT2D eigenvalue weighted by molar-refractivity contribution is 5.82. The molecule has 2 atom stereocenters.